The Morgan fingerprint density at radius 2 is 1.83 bits per heavy atom. The van der Waals surface area contributed by atoms with E-state index >= 15 is 0 Å². The molecule has 0 radical (unpaired) electrons. The molecule has 0 fully saturated rings. The number of fused-ring (bicyclic) bond motifs is 1. The molecule has 6 nitrogen and oxygen atoms in total. The van der Waals surface area contributed by atoms with Crippen molar-refractivity contribution in [3.8, 4) is 11.3 Å². The van der Waals surface area contributed by atoms with Gasteiger partial charge in [0.05, 0.1) is 11.9 Å². The molecule has 1 aromatic carbocycles. The lowest BCUT2D eigenvalue weighted by Crippen LogP contribution is -2.28. The molecule has 0 aliphatic heterocycles. The van der Waals surface area contributed by atoms with Crippen molar-refractivity contribution >= 4 is 23.0 Å². The van der Waals surface area contributed by atoms with E-state index in [0.717, 1.165) is 11.3 Å². The molecule has 122 valence electrons. The Morgan fingerprint density at radius 1 is 1.08 bits per heavy atom. The lowest BCUT2D eigenvalue weighted by molar-refractivity contribution is 0.252. The number of aromatic nitrogens is 3. The molecule has 2 aromatic heterocycles. The molecule has 0 aliphatic carbocycles. The Bertz CT molecular complexity index is 887. The number of pyridine rings is 1. The maximum Gasteiger partial charge on any atom is 0.320 e. The van der Waals surface area contributed by atoms with Gasteiger partial charge in [0.1, 0.15) is 11.3 Å². The molecule has 0 bridgehead atoms. The molecule has 0 aliphatic rings. The largest absolute Gasteiger partial charge is 0.338 e. The number of carbonyl (C=O) groups excluding carboxylic acids is 1. The summed E-state index contributed by atoms with van der Waals surface area (Å²) in [5.74, 6) is 0.445. The average Bonchev–Trinajstić information content (AvgIpc) is 2.53. The van der Waals surface area contributed by atoms with E-state index in [1.807, 2.05) is 6.92 Å². The molecule has 0 unspecified atom stereocenters. The first kappa shape index (κ1) is 15.9. The highest BCUT2D eigenvalue weighted by atomic mass is 16.2. The highest BCUT2D eigenvalue weighted by Gasteiger charge is 2.07. The highest BCUT2D eigenvalue weighted by Crippen LogP contribution is 2.22. The van der Waals surface area contributed by atoms with Gasteiger partial charge in [-0.15, -0.1) is 0 Å². The fourth-order valence-corrected chi connectivity index (χ4v) is 2.55. The topological polar surface area (TPSA) is 79.8 Å². The van der Waals surface area contributed by atoms with Crippen LogP contribution < -0.4 is 10.6 Å². The maximum atomic E-state index is 11.6. The monoisotopic (exact) mass is 321 g/mol. The number of anilines is 1. The zero-order valence-corrected chi connectivity index (χ0v) is 13.9. The summed E-state index contributed by atoms with van der Waals surface area (Å²) in [6, 6.07) is 9.47. The van der Waals surface area contributed by atoms with Crippen molar-refractivity contribution in [3.63, 3.8) is 0 Å². The lowest BCUT2D eigenvalue weighted by Gasteiger charge is -2.07. The minimum Gasteiger partial charge on any atom is -0.338 e. The van der Waals surface area contributed by atoms with E-state index in [1.165, 1.54) is 11.1 Å². The fraction of sp³-hybridized carbons (Fsp3) is 0.222. The number of benzene rings is 1. The van der Waals surface area contributed by atoms with E-state index in [-0.39, 0.29) is 6.03 Å². The maximum absolute atomic E-state index is 11.6. The predicted octanol–water partition coefficient (Wildman–Crippen LogP) is 3.45. The van der Waals surface area contributed by atoms with Crippen LogP contribution in [0.1, 0.15) is 18.1 Å². The SMILES string of the molecule is CCNC(=O)Nc1ccc2ncc(-c3cc(C)cc(C)c3)nc2n1. The quantitative estimate of drug-likeness (QED) is 0.774. The van der Waals surface area contributed by atoms with Crippen LogP contribution in [0.5, 0.6) is 0 Å². The van der Waals surface area contributed by atoms with Crippen molar-refractivity contribution in [1.29, 1.82) is 0 Å². The highest BCUT2D eigenvalue weighted by molar-refractivity contribution is 5.89. The van der Waals surface area contributed by atoms with Crippen LogP contribution >= 0.6 is 0 Å². The lowest BCUT2D eigenvalue weighted by atomic mass is 10.1. The number of nitrogens with zero attached hydrogens (tertiary/aromatic N) is 3. The van der Waals surface area contributed by atoms with E-state index in [1.54, 1.807) is 18.3 Å². The van der Waals surface area contributed by atoms with Gasteiger partial charge in [-0.1, -0.05) is 17.2 Å². The molecule has 3 rings (SSSR count). The number of aryl methyl sites for hydroxylation is 2. The van der Waals surface area contributed by atoms with E-state index in [4.69, 9.17) is 0 Å². The van der Waals surface area contributed by atoms with Crippen molar-refractivity contribution in [2.75, 3.05) is 11.9 Å². The fourth-order valence-electron chi connectivity index (χ4n) is 2.55. The number of rotatable bonds is 3. The summed E-state index contributed by atoms with van der Waals surface area (Å²) in [5, 5.41) is 5.35. The van der Waals surface area contributed by atoms with Crippen LogP contribution in [0.15, 0.2) is 36.5 Å². The van der Waals surface area contributed by atoms with Gasteiger partial charge in [-0.25, -0.2) is 14.8 Å². The standard InChI is InChI=1S/C18H19N5O/c1-4-19-18(24)23-16-6-5-14-17(22-16)21-15(10-20-14)13-8-11(2)7-12(3)9-13/h5-10H,4H2,1-3H3,(H2,19,21,22,23,24). The summed E-state index contributed by atoms with van der Waals surface area (Å²) in [6.45, 7) is 6.51. The van der Waals surface area contributed by atoms with Crippen molar-refractivity contribution in [2.24, 2.45) is 0 Å². The average molecular weight is 321 g/mol. The summed E-state index contributed by atoms with van der Waals surface area (Å²) in [5.41, 5.74) is 5.30. The number of hydrogen-bond acceptors (Lipinski definition) is 4. The molecule has 3 aromatic rings. The van der Waals surface area contributed by atoms with Gasteiger partial charge in [0.15, 0.2) is 5.65 Å². The smallest absolute Gasteiger partial charge is 0.320 e. The molecule has 0 atom stereocenters. The summed E-state index contributed by atoms with van der Waals surface area (Å²) in [6.07, 6.45) is 1.75. The van der Waals surface area contributed by atoms with Crippen LogP contribution in [0.2, 0.25) is 0 Å². The third kappa shape index (κ3) is 3.48. The van der Waals surface area contributed by atoms with E-state index in [2.05, 4.69) is 57.6 Å². The minimum atomic E-state index is -0.289. The third-order valence-electron chi connectivity index (χ3n) is 3.50. The van der Waals surface area contributed by atoms with Gasteiger partial charge in [-0.2, -0.15) is 0 Å². The first-order valence-electron chi connectivity index (χ1n) is 7.82. The van der Waals surface area contributed by atoms with Gasteiger partial charge >= 0.3 is 6.03 Å². The third-order valence-corrected chi connectivity index (χ3v) is 3.50. The Kier molecular flexibility index (Phi) is 4.37. The van der Waals surface area contributed by atoms with Crippen LogP contribution in [0.4, 0.5) is 10.6 Å². The van der Waals surface area contributed by atoms with Crippen molar-refractivity contribution in [3.05, 3.63) is 47.7 Å². The number of nitrogens with one attached hydrogen (secondary N) is 2. The normalized spacial score (nSPS) is 10.6. The second-order valence-electron chi connectivity index (χ2n) is 5.66. The number of amides is 2. The van der Waals surface area contributed by atoms with Crippen molar-refractivity contribution < 1.29 is 4.79 Å². The van der Waals surface area contributed by atoms with Gasteiger partial charge in [0.25, 0.3) is 0 Å². The minimum absolute atomic E-state index is 0.289. The Labute approximate surface area is 140 Å². The molecule has 0 saturated carbocycles. The second-order valence-corrected chi connectivity index (χ2v) is 5.66. The summed E-state index contributed by atoms with van der Waals surface area (Å²) >= 11 is 0. The van der Waals surface area contributed by atoms with Gasteiger partial charge in [-0.3, -0.25) is 10.3 Å². The Balaban J connectivity index is 1.98. The zero-order chi connectivity index (χ0) is 17.1. The van der Waals surface area contributed by atoms with Crippen molar-refractivity contribution in [2.45, 2.75) is 20.8 Å². The number of hydrogen-bond donors (Lipinski definition) is 2. The Morgan fingerprint density at radius 3 is 2.54 bits per heavy atom. The molecular weight excluding hydrogens is 302 g/mol. The number of urea groups is 1. The molecule has 24 heavy (non-hydrogen) atoms. The van der Waals surface area contributed by atoms with Crippen LogP contribution in [0, 0.1) is 13.8 Å². The van der Waals surface area contributed by atoms with E-state index < -0.39 is 0 Å². The summed E-state index contributed by atoms with van der Waals surface area (Å²) < 4.78 is 0. The van der Waals surface area contributed by atoms with Crippen LogP contribution in [0.3, 0.4) is 0 Å². The summed E-state index contributed by atoms with van der Waals surface area (Å²) in [4.78, 5) is 25.0. The molecule has 2 N–H and O–H groups in total. The molecule has 2 heterocycles. The van der Waals surface area contributed by atoms with Crippen LogP contribution in [-0.4, -0.2) is 27.5 Å². The summed E-state index contributed by atoms with van der Waals surface area (Å²) in [7, 11) is 0. The molecule has 6 heteroatoms. The first-order valence-corrected chi connectivity index (χ1v) is 7.82. The predicted molar refractivity (Wildman–Crippen MR) is 94.9 cm³/mol. The van der Waals surface area contributed by atoms with Gasteiger partial charge < -0.3 is 5.32 Å². The van der Waals surface area contributed by atoms with Gasteiger partial charge in [0.2, 0.25) is 0 Å². The molecule has 0 spiro atoms. The Hall–Kier alpha value is -3.02. The second kappa shape index (κ2) is 6.62. The van der Waals surface area contributed by atoms with E-state index in [9.17, 15) is 4.79 Å². The zero-order valence-electron chi connectivity index (χ0n) is 13.9. The van der Waals surface area contributed by atoms with Crippen LogP contribution in [0.25, 0.3) is 22.4 Å². The number of carbonyl (C=O) groups is 1. The van der Waals surface area contributed by atoms with Gasteiger partial charge in [-0.05, 0) is 45.0 Å². The van der Waals surface area contributed by atoms with Crippen molar-refractivity contribution in [1.82, 2.24) is 20.3 Å². The first-order chi connectivity index (χ1) is 11.5. The van der Waals surface area contributed by atoms with Crippen LogP contribution in [-0.2, 0) is 0 Å². The molecule has 2 amide bonds. The van der Waals surface area contributed by atoms with Gasteiger partial charge in [0, 0.05) is 12.1 Å². The molecular formula is C18H19N5O. The molecule has 0 saturated heterocycles. The van der Waals surface area contributed by atoms with E-state index in [0.29, 0.717) is 23.5 Å².